The summed E-state index contributed by atoms with van der Waals surface area (Å²) in [6.45, 7) is 1.96. The summed E-state index contributed by atoms with van der Waals surface area (Å²) in [6, 6.07) is 15.8. The van der Waals surface area contributed by atoms with Gasteiger partial charge in [-0.05, 0) is 67.6 Å². The molecule has 0 saturated heterocycles. The molecule has 0 fully saturated rings. The summed E-state index contributed by atoms with van der Waals surface area (Å²) in [5.41, 5.74) is 0.644. The van der Waals surface area contributed by atoms with E-state index < -0.39 is 28.4 Å². The van der Waals surface area contributed by atoms with E-state index >= 15 is 0 Å². The molecule has 0 saturated carbocycles. The van der Waals surface area contributed by atoms with Crippen LogP contribution in [0.4, 0.5) is 15.8 Å². The molecule has 0 aliphatic rings. The quantitative estimate of drug-likeness (QED) is 0.465. The van der Waals surface area contributed by atoms with Crippen molar-refractivity contribution in [3.05, 3.63) is 77.6 Å². The number of rotatable bonds is 9. The third kappa shape index (κ3) is 6.35. The Hall–Kier alpha value is -3.30. The van der Waals surface area contributed by atoms with E-state index in [0.29, 0.717) is 18.0 Å². The molecule has 32 heavy (non-hydrogen) atoms. The maximum atomic E-state index is 13.2. The minimum absolute atomic E-state index is 0.0122. The van der Waals surface area contributed by atoms with Crippen molar-refractivity contribution in [3.8, 4) is 11.5 Å². The van der Waals surface area contributed by atoms with E-state index in [1.54, 1.807) is 24.3 Å². The van der Waals surface area contributed by atoms with Crippen LogP contribution in [0.2, 0.25) is 5.02 Å². The average molecular weight is 479 g/mol. The molecule has 0 aliphatic carbocycles. The molecule has 3 rings (SSSR count). The summed E-state index contributed by atoms with van der Waals surface area (Å²) >= 11 is 6.14. The van der Waals surface area contributed by atoms with Gasteiger partial charge in [-0.3, -0.25) is 9.52 Å². The molecule has 0 atom stereocenters. The number of hydrogen-bond acceptors (Lipinski definition) is 5. The molecule has 0 radical (unpaired) electrons. The lowest BCUT2D eigenvalue weighted by molar-refractivity contribution is -0.118. The molecule has 7 nitrogen and oxygen atoms in total. The zero-order valence-electron chi connectivity index (χ0n) is 17.0. The van der Waals surface area contributed by atoms with Crippen molar-refractivity contribution < 1.29 is 27.1 Å². The first-order valence-corrected chi connectivity index (χ1v) is 11.4. The number of ether oxygens (including phenoxy) is 2. The van der Waals surface area contributed by atoms with Crippen molar-refractivity contribution in [1.82, 2.24) is 0 Å². The van der Waals surface area contributed by atoms with Crippen LogP contribution >= 0.6 is 11.6 Å². The van der Waals surface area contributed by atoms with E-state index in [-0.39, 0.29) is 21.4 Å². The number of carbonyl (C=O) groups excluding carboxylic acids is 1. The van der Waals surface area contributed by atoms with Crippen LogP contribution in [0.25, 0.3) is 0 Å². The van der Waals surface area contributed by atoms with Gasteiger partial charge in [0.05, 0.1) is 16.5 Å². The molecule has 2 N–H and O–H groups in total. The number of anilines is 2. The second kappa shape index (κ2) is 10.3. The normalized spacial score (nSPS) is 11.0. The van der Waals surface area contributed by atoms with E-state index in [0.717, 1.165) is 0 Å². The van der Waals surface area contributed by atoms with Gasteiger partial charge in [-0.2, -0.15) is 0 Å². The molecule has 0 bridgehead atoms. The van der Waals surface area contributed by atoms with Gasteiger partial charge in [0.1, 0.15) is 17.3 Å². The van der Waals surface area contributed by atoms with Gasteiger partial charge in [0.25, 0.3) is 15.9 Å². The first kappa shape index (κ1) is 23.4. The van der Waals surface area contributed by atoms with Crippen molar-refractivity contribution in [2.24, 2.45) is 0 Å². The molecule has 168 valence electrons. The summed E-state index contributed by atoms with van der Waals surface area (Å²) < 4.78 is 51.6. The van der Waals surface area contributed by atoms with Gasteiger partial charge in [-0.15, -0.1) is 0 Å². The van der Waals surface area contributed by atoms with E-state index in [9.17, 15) is 17.6 Å². The third-order valence-corrected chi connectivity index (χ3v) is 5.77. The first-order valence-electron chi connectivity index (χ1n) is 9.50. The Balaban J connectivity index is 1.62. The lowest BCUT2D eigenvalue weighted by atomic mass is 10.3. The lowest BCUT2D eigenvalue weighted by Crippen LogP contribution is -2.20. The zero-order chi connectivity index (χ0) is 23.1. The zero-order valence-corrected chi connectivity index (χ0v) is 18.5. The van der Waals surface area contributed by atoms with Crippen LogP contribution in [0.1, 0.15) is 6.92 Å². The van der Waals surface area contributed by atoms with Gasteiger partial charge in [-0.25, -0.2) is 12.8 Å². The van der Waals surface area contributed by atoms with Gasteiger partial charge in [-0.1, -0.05) is 17.7 Å². The van der Waals surface area contributed by atoms with Gasteiger partial charge < -0.3 is 14.8 Å². The molecule has 0 spiro atoms. The first-order chi connectivity index (χ1) is 15.3. The fourth-order valence-electron chi connectivity index (χ4n) is 2.67. The molecule has 0 aliphatic heterocycles. The molecular formula is C22H20ClFN2O5S. The molecule has 10 heteroatoms. The predicted molar refractivity (Wildman–Crippen MR) is 120 cm³/mol. The van der Waals surface area contributed by atoms with Crippen LogP contribution in [0.15, 0.2) is 71.6 Å². The Morgan fingerprint density at radius 3 is 2.41 bits per heavy atom. The minimum atomic E-state index is -3.90. The van der Waals surface area contributed by atoms with Gasteiger partial charge in [0.2, 0.25) is 0 Å². The number of carbonyl (C=O) groups is 1. The minimum Gasteiger partial charge on any atom is -0.494 e. The maximum absolute atomic E-state index is 13.2. The second-order valence-electron chi connectivity index (χ2n) is 6.50. The number of benzene rings is 3. The predicted octanol–water partition coefficient (Wildman–Crippen LogP) is 4.70. The van der Waals surface area contributed by atoms with Crippen LogP contribution in [0, 0.1) is 5.82 Å². The monoisotopic (exact) mass is 478 g/mol. The third-order valence-electron chi connectivity index (χ3n) is 4.10. The topological polar surface area (TPSA) is 93.7 Å². The van der Waals surface area contributed by atoms with Crippen molar-refractivity contribution >= 4 is 38.9 Å². The number of hydrogen-bond donors (Lipinski definition) is 2. The molecule has 0 heterocycles. The Kier molecular flexibility index (Phi) is 7.55. The number of nitrogens with one attached hydrogen (secondary N) is 2. The Labute approximate surface area is 190 Å². The van der Waals surface area contributed by atoms with Crippen LogP contribution in [0.3, 0.4) is 0 Å². The van der Waals surface area contributed by atoms with Crippen molar-refractivity contribution in [2.45, 2.75) is 11.8 Å². The lowest BCUT2D eigenvalue weighted by Gasteiger charge is -2.12. The largest absolute Gasteiger partial charge is 0.494 e. The molecule has 3 aromatic carbocycles. The average Bonchev–Trinajstić information content (AvgIpc) is 2.74. The SMILES string of the molecule is CCOc1ccc(NS(=O)(=O)c2ccc(OCC(=O)Nc3cccc(F)c3)c(Cl)c2)cc1. The van der Waals surface area contributed by atoms with Gasteiger partial charge in [0, 0.05) is 11.4 Å². The van der Waals surface area contributed by atoms with Gasteiger partial charge in [0.15, 0.2) is 6.61 Å². The molecule has 1 amide bonds. The maximum Gasteiger partial charge on any atom is 0.262 e. The summed E-state index contributed by atoms with van der Waals surface area (Å²) in [5, 5.41) is 2.50. The summed E-state index contributed by atoms with van der Waals surface area (Å²) in [5.74, 6) is -0.259. The highest BCUT2D eigenvalue weighted by molar-refractivity contribution is 7.92. The molecular weight excluding hydrogens is 459 g/mol. The highest BCUT2D eigenvalue weighted by Crippen LogP contribution is 2.28. The van der Waals surface area contributed by atoms with E-state index in [1.807, 2.05) is 6.92 Å². The van der Waals surface area contributed by atoms with Crippen LogP contribution < -0.4 is 19.5 Å². The van der Waals surface area contributed by atoms with Gasteiger partial charge >= 0.3 is 0 Å². The fraction of sp³-hybridized carbons (Fsp3) is 0.136. The highest BCUT2D eigenvalue weighted by Gasteiger charge is 2.17. The van der Waals surface area contributed by atoms with Crippen molar-refractivity contribution in [2.75, 3.05) is 23.3 Å². The highest BCUT2D eigenvalue weighted by atomic mass is 35.5. The number of sulfonamides is 1. The van der Waals surface area contributed by atoms with Crippen LogP contribution in [-0.4, -0.2) is 27.5 Å². The Morgan fingerprint density at radius 1 is 1.00 bits per heavy atom. The standard InChI is InChI=1S/C22H20ClFN2O5S/c1-2-30-18-8-6-16(7-9-18)26-32(28,29)19-10-11-21(20(23)13-19)31-14-22(27)25-17-5-3-4-15(24)12-17/h3-13,26H,2,14H2,1H3,(H,25,27). The number of amides is 1. The van der Waals surface area contributed by atoms with E-state index in [1.165, 1.54) is 42.5 Å². The Bertz CT molecular complexity index is 1200. The summed E-state index contributed by atoms with van der Waals surface area (Å²) in [7, 11) is -3.90. The van der Waals surface area contributed by atoms with Crippen LogP contribution in [-0.2, 0) is 14.8 Å². The van der Waals surface area contributed by atoms with E-state index in [4.69, 9.17) is 21.1 Å². The second-order valence-corrected chi connectivity index (χ2v) is 8.59. The molecule has 3 aromatic rings. The molecule has 0 aromatic heterocycles. The van der Waals surface area contributed by atoms with E-state index in [2.05, 4.69) is 10.0 Å². The Morgan fingerprint density at radius 2 is 1.75 bits per heavy atom. The summed E-state index contributed by atoms with van der Waals surface area (Å²) in [4.78, 5) is 11.9. The smallest absolute Gasteiger partial charge is 0.262 e. The van der Waals surface area contributed by atoms with Crippen molar-refractivity contribution in [3.63, 3.8) is 0 Å². The fourth-order valence-corrected chi connectivity index (χ4v) is 4.06. The summed E-state index contributed by atoms with van der Waals surface area (Å²) in [6.07, 6.45) is 0. The molecule has 0 unspecified atom stereocenters. The van der Waals surface area contributed by atoms with Crippen molar-refractivity contribution in [1.29, 1.82) is 0 Å². The van der Waals surface area contributed by atoms with Crippen LogP contribution in [0.5, 0.6) is 11.5 Å². The number of halogens is 2.